The van der Waals surface area contributed by atoms with E-state index in [1.54, 1.807) is 14.0 Å². The normalized spacial score (nSPS) is 11.8. The summed E-state index contributed by atoms with van der Waals surface area (Å²) in [5, 5.41) is 11.9. The van der Waals surface area contributed by atoms with E-state index in [-0.39, 0.29) is 18.7 Å². The molecular weight excluding hydrogens is 256 g/mol. The van der Waals surface area contributed by atoms with Crippen molar-refractivity contribution >= 4 is 11.7 Å². The van der Waals surface area contributed by atoms with Gasteiger partial charge in [0.2, 0.25) is 0 Å². The molecule has 0 aliphatic rings. The Morgan fingerprint density at radius 1 is 1.50 bits per heavy atom. The van der Waals surface area contributed by atoms with E-state index < -0.39 is 0 Å². The molecule has 0 aliphatic heterocycles. The van der Waals surface area contributed by atoms with Gasteiger partial charge in [0.15, 0.2) is 0 Å². The summed E-state index contributed by atoms with van der Waals surface area (Å²) in [6.45, 7) is 6.32. The monoisotopic (exact) mass is 280 g/mol. The van der Waals surface area contributed by atoms with Crippen LogP contribution in [0.1, 0.15) is 25.8 Å². The highest BCUT2D eigenvalue weighted by Crippen LogP contribution is 2.26. The Morgan fingerprint density at radius 2 is 2.20 bits per heavy atom. The highest BCUT2D eigenvalue weighted by molar-refractivity contribution is 5.91. The van der Waals surface area contributed by atoms with Crippen molar-refractivity contribution in [3.8, 4) is 5.75 Å². The summed E-state index contributed by atoms with van der Waals surface area (Å²) in [7, 11) is 1.65. The first-order valence-corrected chi connectivity index (χ1v) is 6.87. The van der Waals surface area contributed by atoms with Gasteiger partial charge in [0, 0.05) is 7.05 Å². The number of likely N-dealkylation sites (N-methyl/N-ethyl adjacent to an activating group) is 1. The molecule has 0 heterocycles. The van der Waals surface area contributed by atoms with Crippen LogP contribution < -0.4 is 10.1 Å². The first kappa shape index (κ1) is 16.3. The van der Waals surface area contributed by atoms with Crippen molar-refractivity contribution in [2.75, 3.05) is 25.6 Å². The van der Waals surface area contributed by atoms with Gasteiger partial charge in [-0.3, -0.25) is 0 Å². The minimum absolute atomic E-state index is 0.0724. The van der Waals surface area contributed by atoms with Crippen molar-refractivity contribution < 1.29 is 14.6 Å². The zero-order valence-electron chi connectivity index (χ0n) is 12.6. The van der Waals surface area contributed by atoms with Gasteiger partial charge in [0.05, 0.1) is 24.9 Å². The van der Waals surface area contributed by atoms with Gasteiger partial charge in [-0.15, -0.1) is 0 Å². The summed E-state index contributed by atoms with van der Waals surface area (Å²) in [5.41, 5.74) is 1.72. The number of amides is 2. The van der Waals surface area contributed by atoms with Crippen LogP contribution in [0.3, 0.4) is 0 Å². The van der Waals surface area contributed by atoms with E-state index in [0.29, 0.717) is 18.0 Å². The molecule has 1 aromatic rings. The van der Waals surface area contributed by atoms with Crippen LogP contribution in [-0.4, -0.2) is 42.3 Å². The molecule has 0 saturated heterocycles. The number of anilines is 1. The van der Waals surface area contributed by atoms with Gasteiger partial charge in [0.25, 0.3) is 0 Å². The lowest BCUT2D eigenvalue weighted by molar-refractivity contribution is 0.166. The number of ether oxygens (including phenoxy) is 1. The average Bonchev–Trinajstić information content (AvgIpc) is 2.45. The standard InChI is InChI=1S/C15H24N2O3/c1-5-8-20-14-9-11(2)6-7-13(14)16-15(19)17(4)12(3)10-18/h6-7,9,12,18H,5,8,10H2,1-4H3,(H,16,19). The Labute approximate surface area is 120 Å². The lowest BCUT2D eigenvalue weighted by atomic mass is 10.2. The summed E-state index contributed by atoms with van der Waals surface area (Å²) in [4.78, 5) is 13.5. The van der Waals surface area contributed by atoms with Gasteiger partial charge < -0.3 is 20.1 Å². The number of aliphatic hydroxyl groups excluding tert-OH is 1. The molecule has 20 heavy (non-hydrogen) atoms. The molecule has 1 rings (SSSR count). The molecule has 0 bridgehead atoms. The minimum Gasteiger partial charge on any atom is -0.491 e. The third kappa shape index (κ3) is 4.42. The number of hydrogen-bond acceptors (Lipinski definition) is 3. The molecule has 5 heteroatoms. The van der Waals surface area contributed by atoms with Crippen LogP contribution in [0.4, 0.5) is 10.5 Å². The number of nitrogens with one attached hydrogen (secondary N) is 1. The maximum Gasteiger partial charge on any atom is 0.322 e. The lowest BCUT2D eigenvalue weighted by Gasteiger charge is -2.24. The van der Waals surface area contributed by atoms with Gasteiger partial charge in [-0.1, -0.05) is 13.0 Å². The summed E-state index contributed by atoms with van der Waals surface area (Å²) in [6.07, 6.45) is 0.906. The van der Waals surface area contributed by atoms with Crippen molar-refractivity contribution in [3.63, 3.8) is 0 Å². The highest BCUT2D eigenvalue weighted by atomic mass is 16.5. The van der Waals surface area contributed by atoms with Crippen LogP contribution in [0.15, 0.2) is 18.2 Å². The third-order valence-electron chi connectivity index (χ3n) is 3.09. The fraction of sp³-hybridized carbons (Fsp3) is 0.533. The van der Waals surface area contributed by atoms with Crippen LogP contribution in [0.2, 0.25) is 0 Å². The number of aliphatic hydroxyl groups is 1. The van der Waals surface area contributed by atoms with Gasteiger partial charge in [0.1, 0.15) is 5.75 Å². The number of rotatable bonds is 6. The van der Waals surface area contributed by atoms with E-state index in [9.17, 15) is 4.79 Å². The van der Waals surface area contributed by atoms with E-state index in [0.717, 1.165) is 12.0 Å². The van der Waals surface area contributed by atoms with Crippen LogP contribution in [0, 0.1) is 6.92 Å². The predicted octanol–water partition coefficient (Wildman–Crippen LogP) is 2.63. The maximum atomic E-state index is 12.1. The van der Waals surface area contributed by atoms with Crippen molar-refractivity contribution in [3.05, 3.63) is 23.8 Å². The second kappa shape index (κ2) is 7.75. The van der Waals surface area contributed by atoms with E-state index in [1.807, 2.05) is 32.0 Å². The van der Waals surface area contributed by atoms with E-state index >= 15 is 0 Å². The summed E-state index contributed by atoms with van der Waals surface area (Å²) in [6, 6.07) is 5.15. The topological polar surface area (TPSA) is 61.8 Å². The molecule has 112 valence electrons. The first-order valence-electron chi connectivity index (χ1n) is 6.87. The fourth-order valence-electron chi connectivity index (χ4n) is 1.59. The molecule has 5 nitrogen and oxygen atoms in total. The van der Waals surface area contributed by atoms with Crippen LogP contribution in [0.25, 0.3) is 0 Å². The molecule has 0 spiro atoms. The molecule has 1 unspecified atom stereocenters. The molecule has 0 fully saturated rings. The zero-order valence-corrected chi connectivity index (χ0v) is 12.6. The summed E-state index contributed by atoms with van der Waals surface area (Å²) in [5.74, 6) is 0.672. The number of benzene rings is 1. The van der Waals surface area contributed by atoms with Gasteiger partial charge in [-0.25, -0.2) is 4.79 Å². The second-order valence-corrected chi connectivity index (χ2v) is 4.92. The smallest absolute Gasteiger partial charge is 0.322 e. The number of carbonyl (C=O) groups is 1. The number of hydrogen-bond donors (Lipinski definition) is 2. The molecule has 0 radical (unpaired) electrons. The van der Waals surface area contributed by atoms with Gasteiger partial charge in [-0.2, -0.15) is 0 Å². The second-order valence-electron chi connectivity index (χ2n) is 4.92. The molecule has 0 aliphatic carbocycles. The first-order chi connectivity index (χ1) is 9.49. The lowest BCUT2D eigenvalue weighted by Crippen LogP contribution is -2.40. The Morgan fingerprint density at radius 3 is 2.80 bits per heavy atom. The Balaban J connectivity index is 2.83. The van der Waals surface area contributed by atoms with E-state index in [2.05, 4.69) is 5.32 Å². The molecule has 1 atom stereocenters. The quantitative estimate of drug-likeness (QED) is 0.842. The maximum absolute atomic E-state index is 12.1. The molecular formula is C15H24N2O3. The minimum atomic E-state index is -0.267. The molecule has 1 aromatic carbocycles. The zero-order chi connectivity index (χ0) is 15.1. The highest BCUT2D eigenvalue weighted by Gasteiger charge is 2.16. The number of nitrogens with zero attached hydrogens (tertiary/aromatic N) is 1. The Hall–Kier alpha value is -1.75. The molecule has 0 saturated carbocycles. The number of carbonyl (C=O) groups excluding carboxylic acids is 1. The predicted molar refractivity (Wildman–Crippen MR) is 80.3 cm³/mol. The fourth-order valence-corrected chi connectivity index (χ4v) is 1.59. The Kier molecular flexibility index (Phi) is 6.31. The number of aryl methyl sites for hydroxylation is 1. The SMILES string of the molecule is CCCOc1cc(C)ccc1NC(=O)N(C)C(C)CO. The number of urea groups is 1. The summed E-state index contributed by atoms with van der Waals surface area (Å²) < 4.78 is 5.65. The van der Waals surface area contributed by atoms with Crippen LogP contribution >= 0.6 is 0 Å². The Bertz CT molecular complexity index is 449. The molecule has 0 aromatic heterocycles. The molecule has 2 amide bonds. The van der Waals surface area contributed by atoms with Gasteiger partial charge in [-0.05, 0) is 38.0 Å². The van der Waals surface area contributed by atoms with Crippen molar-refractivity contribution in [1.82, 2.24) is 4.90 Å². The van der Waals surface area contributed by atoms with Crippen molar-refractivity contribution in [2.24, 2.45) is 0 Å². The van der Waals surface area contributed by atoms with Gasteiger partial charge >= 0.3 is 6.03 Å². The third-order valence-corrected chi connectivity index (χ3v) is 3.09. The van der Waals surface area contributed by atoms with Crippen LogP contribution in [-0.2, 0) is 0 Å². The molecule has 2 N–H and O–H groups in total. The van der Waals surface area contributed by atoms with Crippen molar-refractivity contribution in [1.29, 1.82) is 0 Å². The van der Waals surface area contributed by atoms with Crippen LogP contribution in [0.5, 0.6) is 5.75 Å². The van der Waals surface area contributed by atoms with Crippen molar-refractivity contribution in [2.45, 2.75) is 33.2 Å². The van der Waals surface area contributed by atoms with E-state index in [1.165, 1.54) is 4.90 Å². The average molecular weight is 280 g/mol. The van der Waals surface area contributed by atoms with E-state index in [4.69, 9.17) is 9.84 Å². The largest absolute Gasteiger partial charge is 0.491 e. The summed E-state index contributed by atoms with van der Waals surface area (Å²) >= 11 is 0.